The Morgan fingerprint density at radius 1 is 1.12 bits per heavy atom. The summed E-state index contributed by atoms with van der Waals surface area (Å²) >= 11 is 0. The van der Waals surface area contributed by atoms with Gasteiger partial charge in [-0.15, -0.1) is 0 Å². The number of hydrogen-bond acceptors (Lipinski definition) is 6. The van der Waals surface area contributed by atoms with E-state index in [1.54, 1.807) is 23.6 Å². The van der Waals surface area contributed by atoms with Crippen LogP contribution in [0.3, 0.4) is 0 Å². The number of anilines is 1. The fourth-order valence-electron chi connectivity index (χ4n) is 3.97. The largest absolute Gasteiger partial charge is 0.379 e. The Kier molecular flexibility index (Phi) is 6.96. The number of rotatable bonds is 7. The number of amides is 2. The van der Waals surface area contributed by atoms with E-state index in [1.165, 1.54) is 23.4 Å². The van der Waals surface area contributed by atoms with E-state index in [9.17, 15) is 18.0 Å². The van der Waals surface area contributed by atoms with E-state index in [-0.39, 0.29) is 23.3 Å². The number of aromatic nitrogens is 2. The first-order valence-electron chi connectivity index (χ1n) is 11.0. The number of sulfonamides is 1. The Balaban J connectivity index is 1.56. The maximum atomic E-state index is 13.0. The van der Waals surface area contributed by atoms with Gasteiger partial charge in [0.1, 0.15) is 12.4 Å². The SMILES string of the molecule is CC(=O)N[C@H](C)c1nc2ccccc2n1CC(=O)Nc1cccc(S(=O)(=O)N2CCOCC2)c1. The third-order valence-corrected chi connectivity index (χ3v) is 7.41. The first-order valence-corrected chi connectivity index (χ1v) is 12.4. The average Bonchev–Trinajstić information content (AvgIpc) is 3.18. The molecule has 2 amide bonds. The molecule has 180 valence electrons. The number of ether oxygens (including phenoxy) is 1. The minimum Gasteiger partial charge on any atom is -0.379 e. The zero-order valence-electron chi connectivity index (χ0n) is 19.0. The van der Waals surface area contributed by atoms with Crippen molar-refractivity contribution in [2.45, 2.75) is 31.3 Å². The summed E-state index contributed by atoms with van der Waals surface area (Å²) in [6.45, 7) is 4.47. The first kappa shape index (κ1) is 23.9. The number of fused-ring (bicyclic) bond motifs is 1. The maximum Gasteiger partial charge on any atom is 0.244 e. The van der Waals surface area contributed by atoms with Crippen LogP contribution < -0.4 is 10.6 Å². The van der Waals surface area contributed by atoms with Crippen LogP contribution in [-0.4, -0.2) is 60.4 Å². The maximum absolute atomic E-state index is 13.0. The lowest BCUT2D eigenvalue weighted by Gasteiger charge is -2.26. The van der Waals surface area contributed by atoms with E-state index in [2.05, 4.69) is 15.6 Å². The molecule has 0 unspecified atom stereocenters. The van der Waals surface area contributed by atoms with Gasteiger partial charge in [-0.25, -0.2) is 13.4 Å². The summed E-state index contributed by atoms with van der Waals surface area (Å²) in [5.41, 5.74) is 1.84. The van der Waals surface area contributed by atoms with Gasteiger partial charge in [0.05, 0.1) is 35.2 Å². The molecule has 0 saturated carbocycles. The molecule has 0 radical (unpaired) electrons. The Morgan fingerprint density at radius 2 is 1.85 bits per heavy atom. The number of para-hydroxylation sites is 2. The van der Waals surface area contributed by atoms with Crippen LogP contribution in [0.1, 0.15) is 25.7 Å². The molecule has 1 aliphatic heterocycles. The molecular formula is C23H27N5O5S. The van der Waals surface area contributed by atoms with Crippen molar-refractivity contribution in [1.82, 2.24) is 19.2 Å². The van der Waals surface area contributed by atoms with Crippen LogP contribution in [0, 0.1) is 0 Å². The summed E-state index contributed by atoms with van der Waals surface area (Å²) in [4.78, 5) is 29.2. The van der Waals surface area contributed by atoms with Crippen molar-refractivity contribution in [2.75, 3.05) is 31.6 Å². The van der Waals surface area contributed by atoms with Gasteiger partial charge in [-0.1, -0.05) is 18.2 Å². The summed E-state index contributed by atoms with van der Waals surface area (Å²) in [6.07, 6.45) is 0. The molecule has 2 aromatic carbocycles. The van der Waals surface area contributed by atoms with E-state index in [1.807, 2.05) is 24.3 Å². The van der Waals surface area contributed by atoms with Crippen LogP contribution >= 0.6 is 0 Å². The Labute approximate surface area is 198 Å². The molecule has 11 heteroatoms. The van der Waals surface area contributed by atoms with Crippen molar-refractivity contribution in [3.63, 3.8) is 0 Å². The molecule has 2 N–H and O–H groups in total. The predicted octanol–water partition coefficient (Wildman–Crippen LogP) is 1.89. The number of hydrogen-bond donors (Lipinski definition) is 2. The van der Waals surface area contributed by atoms with Gasteiger partial charge in [0.15, 0.2) is 0 Å². The highest BCUT2D eigenvalue weighted by molar-refractivity contribution is 7.89. The molecule has 3 aromatic rings. The van der Waals surface area contributed by atoms with Gasteiger partial charge < -0.3 is 19.9 Å². The van der Waals surface area contributed by atoms with Gasteiger partial charge in [0.25, 0.3) is 0 Å². The number of imidazole rings is 1. The van der Waals surface area contributed by atoms with E-state index < -0.39 is 16.1 Å². The molecule has 1 fully saturated rings. The van der Waals surface area contributed by atoms with Crippen molar-refractivity contribution < 1.29 is 22.7 Å². The van der Waals surface area contributed by atoms with Crippen molar-refractivity contribution in [3.05, 3.63) is 54.4 Å². The number of morpholine rings is 1. The van der Waals surface area contributed by atoms with E-state index in [0.717, 1.165) is 5.52 Å². The molecule has 0 spiro atoms. The fraction of sp³-hybridized carbons (Fsp3) is 0.348. The summed E-state index contributed by atoms with van der Waals surface area (Å²) in [6, 6.07) is 13.2. The third-order valence-electron chi connectivity index (χ3n) is 5.52. The van der Waals surface area contributed by atoms with Crippen molar-refractivity contribution in [1.29, 1.82) is 0 Å². The number of carbonyl (C=O) groups excluding carboxylic acids is 2. The summed E-state index contributed by atoms with van der Waals surface area (Å²) in [7, 11) is -3.68. The Bertz CT molecular complexity index is 1310. The monoisotopic (exact) mass is 485 g/mol. The normalized spacial score (nSPS) is 15.7. The molecule has 2 heterocycles. The zero-order chi connectivity index (χ0) is 24.3. The highest BCUT2D eigenvalue weighted by atomic mass is 32.2. The molecule has 1 saturated heterocycles. The number of carbonyl (C=O) groups is 2. The van der Waals surface area contributed by atoms with Gasteiger partial charge in [0.2, 0.25) is 21.8 Å². The fourth-order valence-corrected chi connectivity index (χ4v) is 5.43. The molecule has 4 rings (SSSR count). The molecule has 0 aliphatic carbocycles. The van der Waals surface area contributed by atoms with E-state index >= 15 is 0 Å². The minimum atomic E-state index is -3.68. The molecule has 0 bridgehead atoms. The van der Waals surface area contributed by atoms with Crippen LogP contribution in [0.25, 0.3) is 11.0 Å². The second-order valence-electron chi connectivity index (χ2n) is 8.06. The Hall–Kier alpha value is -3.28. The summed E-state index contributed by atoms with van der Waals surface area (Å²) < 4.78 is 34.3. The highest BCUT2D eigenvalue weighted by Gasteiger charge is 2.26. The van der Waals surface area contributed by atoms with Gasteiger partial charge in [-0.2, -0.15) is 4.31 Å². The molecule has 34 heavy (non-hydrogen) atoms. The van der Waals surface area contributed by atoms with Gasteiger partial charge >= 0.3 is 0 Å². The first-order chi connectivity index (χ1) is 16.3. The Morgan fingerprint density at radius 3 is 2.59 bits per heavy atom. The van der Waals surface area contributed by atoms with Crippen LogP contribution in [0.5, 0.6) is 0 Å². The van der Waals surface area contributed by atoms with Gasteiger partial charge in [0, 0.05) is 25.7 Å². The second-order valence-corrected chi connectivity index (χ2v) is 10.00. The van der Waals surface area contributed by atoms with Crippen LogP contribution in [0.4, 0.5) is 5.69 Å². The topological polar surface area (TPSA) is 123 Å². The average molecular weight is 486 g/mol. The lowest BCUT2D eigenvalue weighted by atomic mass is 10.3. The lowest BCUT2D eigenvalue weighted by molar-refractivity contribution is -0.119. The zero-order valence-corrected chi connectivity index (χ0v) is 19.8. The summed E-state index contributed by atoms with van der Waals surface area (Å²) in [5.74, 6) is 0.00407. The molecule has 1 atom stereocenters. The predicted molar refractivity (Wildman–Crippen MR) is 127 cm³/mol. The van der Waals surface area contributed by atoms with Crippen molar-refractivity contribution in [2.24, 2.45) is 0 Å². The summed E-state index contributed by atoms with van der Waals surface area (Å²) in [5, 5.41) is 5.59. The number of benzene rings is 2. The standard InChI is InChI=1S/C23H27N5O5S/c1-16(24-17(2)29)23-26-20-8-3-4-9-21(20)28(23)15-22(30)25-18-6-5-7-19(14-18)34(31,32)27-10-12-33-13-11-27/h3-9,14,16H,10-13,15H2,1-2H3,(H,24,29)(H,25,30)/t16-/m1/s1. The molecular weight excluding hydrogens is 458 g/mol. The minimum absolute atomic E-state index is 0.0553. The quantitative estimate of drug-likeness (QED) is 0.527. The van der Waals surface area contributed by atoms with Crippen LogP contribution in [-0.2, 0) is 30.9 Å². The third kappa shape index (κ3) is 5.11. The van der Waals surface area contributed by atoms with Crippen molar-refractivity contribution >= 4 is 38.6 Å². The molecule has 10 nitrogen and oxygen atoms in total. The lowest BCUT2D eigenvalue weighted by Crippen LogP contribution is -2.40. The van der Waals surface area contributed by atoms with Crippen LogP contribution in [0.2, 0.25) is 0 Å². The molecule has 1 aliphatic rings. The second kappa shape index (κ2) is 9.92. The van der Waals surface area contributed by atoms with Gasteiger partial charge in [-0.05, 0) is 37.3 Å². The van der Waals surface area contributed by atoms with Gasteiger partial charge in [-0.3, -0.25) is 9.59 Å². The van der Waals surface area contributed by atoms with Crippen molar-refractivity contribution in [3.8, 4) is 0 Å². The number of nitrogens with zero attached hydrogens (tertiary/aromatic N) is 3. The number of nitrogens with one attached hydrogen (secondary N) is 2. The molecule has 1 aromatic heterocycles. The van der Waals surface area contributed by atoms with E-state index in [4.69, 9.17) is 4.74 Å². The van der Waals surface area contributed by atoms with E-state index in [0.29, 0.717) is 43.3 Å². The smallest absolute Gasteiger partial charge is 0.244 e. The van der Waals surface area contributed by atoms with Crippen LogP contribution in [0.15, 0.2) is 53.4 Å². The highest BCUT2D eigenvalue weighted by Crippen LogP contribution is 2.23.